The van der Waals surface area contributed by atoms with E-state index in [9.17, 15) is 0 Å². The van der Waals surface area contributed by atoms with Crippen molar-refractivity contribution >= 4 is 0 Å². The van der Waals surface area contributed by atoms with Gasteiger partial charge in [0, 0.05) is 18.3 Å². The Hall–Kier alpha value is -0.830. The standard InChI is InChI=1S/C14H27N3/c1-10(2)6-12(5)17-9-16-8-14(17)13(15)7-11(3)4/h8-13H,6-7,15H2,1-5H3. The summed E-state index contributed by atoms with van der Waals surface area (Å²) < 4.78 is 2.24. The lowest BCUT2D eigenvalue weighted by Gasteiger charge is -2.22. The summed E-state index contributed by atoms with van der Waals surface area (Å²) in [5, 5.41) is 0. The third-order valence-corrected chi connectivity index (χ3v) is 3.09. The van der Waals surface area contributed by atoms with Gasteiger partial charge >= 0.3 is 0 Å². The molecular weight excluding hydrogens is 210 g/mol. The summed E-state index contributed by atoms with van der Waals surface area (Å²) in [7, 11) is 0. The molecule has 1 rings (SSSR count). The maximum atomic E-state index is 6.25. The fraction of sp³-hybridized carbons (Fsp3) is 0.786. The maximum absolute atomic E-state index is 6.25. The zero-order chi connectivity index (χ0) is 13.0. The summed E-state index contributed by atoms with van der Waals surface area (Å²) in [5.41, 5.74) is 7.42. The summed E-state index contributed by atoms with van der Waals surface area (Å²) in [5.74, 6) is 1.32. The minimum atomic E-state index is 0.104. The number of hydrogen-bond acceptors (Lipinski definition) is 2. The normalized spacial score (nSPS) is 15.5. The Morgan fingerprint density at radius 2 is 1.71 bits per heavy atom. The molecule has 0 bridgehead atoms. The molecule has 1 aromatic rings. The molecule has 0 fully saturated rings. The van der Waals surface area contributed by atoms with Crippen molar-refractivity contribution in [3.63, 3.8) is 0 Å². The van der Waals surface area contributed by atoms with Crippen LogP contribution in [0, 0.1) is 11.8 Å². The van der Waals surface area contributed by atoms with E-state index in [-0.39, 0.29) is 6.04 Å². The second-order valence-corrected chi connectivity index (χ2v) is 5.94. The van der Waals surface area contributed by atoms with E-state index >= 15 is 0 Å². The molecule has 0 saturated heterocycles. The van der Waals surface area contributed by atoms with Crippen LogP contribution in [-0.4, -0.2) is 9.55 Å². The van der Waals surface area contributed by atoms with Crippen LogP contribution in [-0.2, 0) is 0 Å². The van der Waals surface area contributed by atoms with Crippen LogP contribution >= 0.6 is 0 Å². The van der Waals surface area contributed by atoms with E-state index in [2.05, 4.69) is 44.2 Å². The molecule has 2 atom stereocenters. The van der Waals surface area contributed by atoms with Gasteiger partial charge in [-0.1, -0.05) is 27.7 Å². The number of aromatic nitrogens is 2. The topological polar surface area (TPSA) is 43.8 Å². The Morgan fingerprint density at radius 3 is 2.24 bits per heavy atom. The maximum Gasteiger partial charge on any atom is 0.0951 e. The van der Waals surface area contributed by atoms with Gasteiger partial charge in [-0.25, -0.2) is 4.98 Å². The molecule has 1 heterocycles. The van der Waals surface area contributed by atoms with E-state index < -0.39 is 0 Å². The molecule has 2 N–H and O–H groups in total. The Bertz CT molecular complexity index is 297. The van der Waals surface area contributed by atoms with Gasteiger partial charge in [0.2, 0.25) is 0 Å². The van der Waals surface area contributed by atoms with Gasteiger partial charge in [-0.3, -0.25) is 0 Å². The van der Waals surface area contributed by atoms with Crippen LogP contribution in [0.4, 0.5) is 0 Å². The van der Waals surface area contributed by atoms with Crippen LogP contribution in [0.3, 0.4) is 0 Å². The second-order valence-electron chi connectivity index (χ2n) is 5.94. The minimum absolute atomic E-state index is 0.104. The highest BCUT2D eigenvalue weighted by Gasteiger charge is 2.16. The summed E-state index contributed by atoms with van der Waals surface area (Å²) in [6, 6.07) is 0.581. The molecule has 0 saturated carbocycles. The van der Waals surface area contributed by atoms with Crippen molar-refractivity contribution in [1.29, 1.82) is 0 Å². The Labute approximate surface area is 105 Å². The number of imidazole rings is 1. The van der Waals surface area contributed by atoms with Gasteiger partial charge in [0.05, 0.1) is 12.0 Å². The van der Waals surface area contributed by atoms with Crippen LogP contribution < -0.4 is 5.73 Å². The first-order valence-corrected chi connectivity index (χ1v) is 6.69. The van der Waals surface area contributed by atoms with Gasteiger partial charge in [0.25, 0.3) is 0 Å². The van der Waals surface area contributed by atoms with E-state index in [0.29, 0.717) is 17.9 Å². The van der Waals surface area contributed by atoms with Crippen molar-refractivity contribution in [3.8, 4) is 0 Å². The van der Waals surface area contributed by atoms with E-state index in [0.717, 1.165) is 12.8 Å². The first-order valence-electron chi connectivity index (χ1n) is 6.69. The van der Waals surface area contributed by atoms with Crippen LogP contribution in [0.1, 0.15) is 65.2 Å². The number of nitrogens with two attached hydrogens (primary N) is 1. The molecule has 0 aromatic carbocycles. The van der Waals surface area contributed by atoms with Crippen LogP contribution in [0.25, 0.3) is 0 Å². The van der Waals surface area contributed by atoms with Crippen molar-refractivity contribution in [3.05, 3.63) is 18.2 Å². The highest BCUT2D eigenvalue weighted by atomic mass is 15.1. The molecule has 0 aliphatic rings. The van der Waals surface area contributed by atoms with Crippen molar-refractivity contribution in [1.82, 2.24) is 9.55 Å². The Morgan fingerprint density at radius 1 is 1.12 bits per heavy atom. The van der Waals surface area contributed by atoms with Gasteiger partial charge in [0.15, 0.2) is 0 Å². The average molecular weight is 237 g/mol. The van der Waals surface area contributed by atoms with Crippen molar-refractivity contribution in [2.45, 2.75) is 59.5 Å². The van der Waals surface area contributed by atoms with Crippen molar-refractivity contribution in [2.75, 3.05) is 0 Å². The number of rotatable bonds is 6. The molecule has 0 aliphatic heterocycles. The Balaban J connectivity index is 2.77. The highest BCUT2D eigenvalue weighted by Crippen LogP contribution is 2.24. The molecule has 0 spiro atoms. The smallest absolute Gasteiger partial charge is 0.0951 e. The van der Waals surface area contributed by atoms with Gasteiger partial charge in [-0.15, -0.1) is 0 Å². The second kappa shape index (κ2) is 6.20. The first kappa shape index (κ1) is 14.2. The molecule has 2 unspecified atom stereocenters. The molecule has 98 valence electrons. The summed E-state index contributed by atoms with van der Waals surface area (Å²) in [4.78, 5) is 4.26. The van der Waals surface area contributed by atoms with Crippen molar-refractivity contribution in [2.24, 2.45) is 17.6 Å². The van der Waals surface area contributed by atoms with Gasteiger partial charge in [-0.05, 0) is 31.6 Å². The Kier molecular flexibility index (Phi) is 5.19. The molecule has 3 heteroatoms. The SMILES string of the molecule is CC(C)CC(N)c1cncn1C(C)CC(C)C. The van der Waals surface area contributed by atoms with Gasteiger partial charge in [0.1, 0.15) is 0 Å². The summed E-state index contributed by atoms with van der Waals surface area (Å²) >= 11 is 0. The lowest BCUT2D eigenvalue weighted by Crippen LogP contribution is -2.19. The summed E-state index contributed by atoms with van der Waals surface area (Å²) in [6.45, 7) is 11.2. The number of hydrogen-bond donors (Lipinski definition) is 1. The molecule has 17 heavy (non-hydrogen) atoms. The fourth-order valence-electron chi connectivity index (χ4n) is 2.39. The van der Waals surface area contributed by atoms with E-state index in [4.69, 9.17) is 5.73 Å². The predicted octanol–water partition coefficient (Wildman–Crippen LogP) is 3.54. The first-order chi connectivity index (χ1) is 7.91. The zero-order valence-corrected chi connectivity index (χ0v) is 11.9. The van der Waals surface area contributed by atoms with Crippen molar-refractivity contribution < 1.29 is 0 Å². The molecule has 0 aliphatic carbocycles. The van der Waals surface area contributed by atoms with Crippen LogP contribution in [0.2, 0.25) is 0 Å². The summed E-state index contributed by atoms with van der Waals surface area (Å²) in [6.07, 6.45) is 6.02. The minimum Gasteiger partial charge on any atom is -0.330 e. The largest absolute Gasteiger partial charge is 0.330 e. The third-order valence-electron chi connectivity index (χ3n) is 3.09. The monoisotopic (exact) mass is 237 g/mol. The molecular formula is C14H27N3. The number of nitrogens with zero attached hydrogens (tertiary/aromatic N) is 2. The zero-order valence-electron chi connectivity index (χ0n) is 11.9. The quantitative estimate of drug-likeness (QED) is 0.822. The average Bonchev–Trinajstić information content (AvgIpc) is 2.63. The predicted molar refractivity (Wildman–Crippen MR) is 72.8 cm³/mol. The van der Waals surface area contributed by atoms with E-state index in [1.807, 2.05) is 12.5 Å². The molecule has 1 aromatic heterocycles. The van der Waals surface area contributed by atoms with Gasteiger partial charge in [-0.2, -0.15) is 0 Å². The lowest BCUT2D eigenvalue weighted by atomic mass is 10.0. The van der Waals surface area contributed by atoms with Crippen LogP contribution in [0.15, 0.2) is 12.5 Å². The van der Waals surface area contributed by atoms with Crippen LogP contribution in [0.5, 0.6) is 0 Å². The lowest BCUT2D eigenvalue weighted by molar-refractivity contribution is 0.400. The fourth-order valence-corrected chi connectivity index (χ4v) is 2.39. The molecule has 0 radical (unpaired) electrons. The molecule has 3 nitrogen and oxygen atoms in total. The van der Waals surface area contributed by atoms with E-state index in [1.54, 1.807) is 0 Å². The molecule has 0 amide bonds. The third kappa shape index (κ3) is 4.15. The van der Waals surface area contributed by atoms with E-state index in [1.165, 1.54) is 5.69 Å². The highest BCUT2D eigenvalue weighted by molar-refractivity contribution is 5.06. The van der Waals surface area contributed by atoms with Gasteiger partial charge < -0.3 is 10.3 Å².